The van der Waals surface area contributed by atoms with Crippen molar-refractivity contribution in [2.75, 3.05) is 6.61 Å². The first kappa shape index (κ1) is 21.4. The van der Waals surface area contributed by atoms with E-state index in [1.54, 1.807) is 32.0 Å². The van der Waals surface area contributed by atoms with Gasteiger partial charge in [0.25, 0.3) is 17.6 Å². The molecule has 150 valence electrons. The van der Waals surface area contributed by atoms with Crippen LogP contribution in [0.1, 0.15) is 36.0 Å². The second-order valence-electron chi connectivity index (χ2n) is 6.49. The lowest BCUT2D eigenvalue weighted by molar-refractivity contribution is -0.143. The van der Waals surface area contributed by atoms with Crippen molar-refractivity contribution >= 4 is 45.0 Å². The number of carboxylic acid groups (broad SMARTS) is 1. The standard InChI is InChI=1S/C19H22N2O6S/c1-4-11-15(17(23)18(20)24)14-10(6-5-7-12(14)28-11)27-8-13(22)21-16(9(2)3)19(25)26/h5-7,9,16H,4,8H2,1-3H3,(H2,20,24)(H,21,22)(H,25,26)/t16-/m0/s1. The van der Waals surface area contributed by atoms with Gasteiger partial charge < -0.3 is 20.9 Å². The number of nitrogens with one attached hydrogen (secondary N) is 1. The summed E-state index contributed by atoms with van der Waals surface area (Å²) in [4.78, 5) is 47.8. The largest absolute Gasteiger partial charge is 0.483 e. The van der Waals surface area contributed by atoms with Gasteiger partial charge >= 0.3 is 5.97 Å². The van der Waals surface area contributed by atoms with Crippen LogP contribution < -0.4 is 15.8 Å². The summed E-state index contributed by atoms with van der Waals surface area (Å²) in [6.07, 6.45) is 0.530. The molecule has 0 unspecified atom stereocenters. The molecule has 2 rings (SSSR count). The molecule has 0 saturated carbocycles. The zero-order valence-electron chi connectivity index (χ0n) is 15.8. The van der Waals surface area contributed by atoms with Crippen LogP contribution in [0.5, 0.6) is 5.75 Å². The number of nitrogens with two attached hydrogens (primary N) is 1. The highest BCUT2D eigenvalue weighted by Crippen LogP contribution is 2.38. The van der Waals surface area contributed by atoms with Gasteiger partial charge in [0, 0.05) is 15.0 Å². The number of ketones is 1. The van der Waals surface area contributed by atoms with Crippen LogP contribution in [-0.4, -0.2) is 41.3 Å². The number of aryl methyl sites for hydroxylation is 1. The van der Waals surface area contributed by atoms with E-state index in [2.05, 4.69) is 5.32 Å². The highest BCUT2D eigenvalue weighted by atomic mass is 32.1. The predicted molar refractivity (Wildman–Crippen MR) is 105 cm³/mol. The number of carboxylic acids is 1. The number of benzene rings is 1. The van der Waals surface area contributed by atoms with E-state index in [1.807, 2.05) is 6.92 Å². The maximum atomic E-state index is 12.3. The first-order valence-electron chi connectivity index (χ1n) is 8.70. The van der Waals surface area contributed by atoms with Crippen LogP contribution in [-0.2, 0) is 20.8 Å². The van der Waals surface area contributed by atoms with Crippen LogP contribution in [0.3, 0.4) is 0 Å². The molecular weight excluding hydrogens is 384 g/mol. The number of Topliss-reactive ketones (excluding diaryl/α,β-unsaturated/α-hetero) is 1. The Kier molecular flexibility index (Phi) is 6.74. The van der Waals surface area contributed by atoms with Crippen molar-refractivity contribution < 1.29 is 29.0 Å². The molecule has 0 aliphatic heterocycles. The number of rotatable bonds is 9. The quantitative estimate of drug-likeness (QED) is 0.429. The Hall–Kier alpha value is -2.94. The molecule has 8 nitrogen and oxygen atoms in total. The molecule has 1 aromatic heterocycles. The van der Waals surface area contributed by atoms with Gasteiger partial charge in [-0.15, -0.1) is 11.3 Å². The van der Waals surface area contributed by atoms with E-state index in [-0.39, 0.29) is 17.2 Å². The fourth-order valence-electron chi connectivity index (χ4n) is 2.77. The van der Waals surface area contributed by atoms with Crippen molar-refractivity contribution in [1.82, 2.24) is 5.32 Å². The number of fused-ring (bicyclic) bond motifs is 1. The molecule has 9 heteroatoms. The maximum absolute atomic E-state index is 12.3. The molecule has 0 fully saturated rings. The third-order valence-electron chi connectivity index (χ3n) is 4.13. The Morgan fingerprint density at radius 1 is 1.25 bits per heavy atom. The zero-order chi connectivity index (χ0) is 21.0. The van der Waals surface area contributed by atoms with Gasteiger partial charge in [0.2, 0.25) is 0 Å². The molecule has 0 saturated heterocycles. The molecular formula is C19H22N2O6S. The number of carbonyl (C=O) groups is 4. The molecule has 0 spiro atoms. The lowest BCUT2D eigenvalue weighted by Crippen LogP contribution is -2.46. The van der Waals surface area contributed by atoms with Gasteiger partial charge in [0.15, 0.2) is 6.61 Å². The number of hydrogen-bond donors (Lipinski definition) is 3. The number of aliphatic carboxylic acids is 1. The van der Waals surface area contributed by atoms with Gasteiger partial charge in [0.1, 0.15) is 11.8 Å². The fraction of sp³-hybridized carbons (Fsp3) is 0.368. The second-order valence-corrected chi connectivity index (χ2v) is 7.63. The molecule has 0 radical (unpaired) electrons. The SMILES string of the molecule is CCc1sc2cccc(OCC(=O)N[C@H](C(=O)O)C(C)C)c2c1C(=O)C(N)=O. The molecule has 1 atom stereocenters. The number of ether oxygens (including phenoxy) is 1. The molecule has 2 aromatic rings. The second kappa shape index (κ2) is 8.83. The van der Waals surface area contributed by atoms with E-state index in [4.69, 9.17) is 15.6 Å². The summed E-state index contributed by atoms with van der Waals surface area (Å²) in [5.41, 5.74) is 5.37. The Morgan fingerprint density at radius 2 is 1.93 bits per heavy atom. The minimum atomic E-state index is -1.13. The molecule has 0 aliphatic rings. The van der Waals surface area contributed by atoms with E-state index in [9.17, 15) is 19.2 Å². The van der Waals surface area contributed by atoms with Crippen molar-refractivity contribution in [2.45, 2.75) is 33.2 Å². The predicted octanol–water partition coefficient (Wildman–Crippen LogP) is 1.74. The van der Waals surface area contributed by atoms with Crippen LogP contribution in [0.4, 0.5) is 0 Å². The third kappa shape index (κ3) is 4.48. The average Bonchev–Trinajstić information content (AvgIpc) is 3.02. The summed E-state index contributed by atoms with van der Waals surface area (Å²) in [6.45, 7) is 4.78. The van der Waals surface area contributed by atoms with E-state index in [0.29, 0.717) is 16.7 Å². The minimum absolute atomic E-state index is 0.191. The number of primary amides is 1. The third-order valence-corrected chi connectivity index (χ3v) is 5.43. The van der Waals surface area contributed by atoms with Crippen molar-refractivity contribution in [1.29, 1.82) is 0 Å². The summed E-state index contributed by atoms with van der Waals surface area (Å²) < 4.78 is 6.29. The topological polar surface area (TPSA) is 136 Å². The molecule has 0 aliphatic carbocycles. The summed E-state index contributed by atoms with van der Waals surface area (Å²) >= 11 is 1.35. The van der Waals surface area contributed by atoms with E-state index >= 15 is 0 Å². The lowest BCUT2D eigenvalue weighted by atomic mass is 10.0. The summed E-state index contributed by atoms with van der Waals surface area (Å²) in [5.74, 6) is -3.66. The van der Waals surface area contributed by atoms with Gasteiger partial charge in [-0.1, -0.05) is 26.8 Å². The Bertz CT molecular complexity index is 934. The smallest absolute Gasteiger partial charge is 0.326 e. The molecule has 1 heterocycles. The van der Waals surface area contributed by atoms with E-state index in [0.717, 1.165) is 4.70 Å². The van der Waals surface area contributed by atoms with Gasteiger partial charge in [-0.2, -0.15) is 0 Å². The Labute approximate surface area is 165 Å². The van der Waals surface area contributed by atoms with Crippen LogP contribution in [0.15, 0.2) is 18.2 Å². The Morgan fingerprint density at radius 3 is 2.46 bits per heavy atom. The van der Waals surface area contributed by atoms with Crippen LogP contribution in [0, 0.1) is 5.92 Å². The summed E-state index contributed by atoms with van der Waals surface area (Å²) in [7, 11) is 0. The molecule has 2 amide bonds. The van der Waals surface area contributed by atoms with Crippen molar-refractivity contribution in [3.63, 3.8) is 0 Å². The highest BCUT2D eigenvalue weighted by molar-refractivity contribution is 7.19. The molecule has 28 heavy (non-hydrogen) atoms. The van der Waals surface area contributed by atoms with Crippen LogP contribution in [0.25, 0.3) is 10.1 Å². The van der Waals surface area contributed by atoms with Gasteiger partial charge in [0.05, 0.1) is 5.56 Å². The number of thiophene rings is 1. The monoisotopic (exact) mass is 406 g/mol. The first-order valence-corrected chi connectivity index (χ1v) is 9.52. The summed E-state index contributed by atoms with van der Waals surface area (Å²) in [5, 5.41) is 12.0. The highest BCUT2D eigenvalue weighted by Gasteiger charge is 2.26. The van der Waals surface area contributed by atoms with E-state index < -0.39 is 36.2 Å². The molecule has 0 bridgehead atoms. The molecule has 4 N–H and O–H groups in total. The van der Waals surface area contributed by atoms with Gasteiger partial charge in [-0.3, -0.25) is 14.4 Å². The van der Waals surface area contributed by atoms with Crippen LogP contribution >= 0.6 is 11.3 Å². The van der Waals surface area contributed by atoms with Gasteiger partial charge in [-0.05, 0) is 24.5 Å². The average molecular weight is 406 g/mol. The van der Waals surface area contributed by atoms with Crippen molar-refractivity contribution in [3.8, 4) is 5.75 Å². The van der Waals surface area contributed by atoms with Crippen molar-refractivity contribution in [3.05, 3.63) is 28.6 Å². The van der Waals surface area contributed by atoms with Crippen molar-refractivity contribution in [2.24, 2.45) is 11.7 Å². The van der Waals surface area contributed by atoms with E-state index in [1.165, 1.54) is 11.3 Å². The maximum Gasteiger partial charge on any atom is 0.326 e. The fourth-order valence-corrected chi connectivity index (χ4v) is 3.93. The van der Waals surface area contributed by atoms with Gasteiger partial charge in [-0.25, -0.2) is 4.79 Å². The zero-order valence-corrected chi connectivity index (χ0v) is 16.6. The Balaban J connectivity index is 2.31. The number of carbonyl (C=O) groups excluding carboxylic acids is 3. The lowest BCUT2D eigenvalue weighted by Gasteiger charge is -2.18. The minimum Gasteiger partial charge on any atom is -0.483 e. The molecule has 1 aromatic carbocycles. The summed E-state index contributed by atoms with van der Waals surface area (Å²) in [6, 6.07) is 4.03. The van der Waals surface area contributed by atoms with Crippen LogP contribution in [0.2, 0.25) is 0 Å². The first-order chi connectivity index (χ1) is 13.2. The number of amides is 2. The normalized spacial score (nSPS) is 12.0. The number of hydrogen-bond acceptors (Lipinski definition) is 6.